The minimum absolute atomic E-state index is 0.0190. The van der Waals surface area contributed by atoms with Crippen molar-refractivity contribution in [2.24, 2.45) is 22.7 Å². The van der Waals surface area contributed by atoms with Gasteiger partial charge in [0.25, 0.3) is 0 Å². The zero-order chi connectivity index (χ0) is 21.5. The molecule has 1 saturated heterocycles. The number of carbonyl (C=O) groups is 1. The van der Waals surface area contributed by atoms with Crippen molar-refractivity contribution in [3.63, 3.8) is 0 Å². The Morgan fingerprint density at radius 1 is 1.10 bits per heavy atom. The zero-order valence-corrected chi connectivity index (χ0v) is 19.6. The Hall–Kier alpha value is -1.03. The standard InChI is InChI=1S/C25H43NO3/c1-8-10-17-26-21(27)28-20-13-15-24(6)18(22(20,3)4)12-16-25(7)19(24)11-14-23(5,9-2)29-25/h9,18-20H,2,8,10-17H2,1,3-7H3,(H,26,27)/t18-,19+,20-,23+,24-,25+/m1/s1. The van der Waals surface area contributed by atoms with Crippen molar-refractivity contribution >= 4 is 6.09 Å². The highest BCUT2D eigenvalue weighted by molar-refractivity contribution is 5.67. The van der Waals surface area contributed by atoms with E-state index in [1.807, 2.05) is 6.08 Å². The van der Waals surface area contributed by atoms with E-state index < -0.39 is 0 Å². The number of alkyl carbamates (subject to hydrolysis) is 1. The third-order valence-corrected chi connectivity index (χ3v) is 8.81. The SMILES string of the molecule is C=C[C@@]1(C)CC[C@H]2[C@]3(C)CC[C@@H](OC(=O)NCCCC)C(C)(C)[C@H]3CC[C@]2(C)O1. The number of carbonyl (C=O) groups excluding carboxylic acids is 1. The maximum Gasteiger partial charge on any atom is 0.407 e. The van der Waals surface area contributed by atoms with Gasteiger partial charge in [-0.15, -0.1) is 6.58 Å². The summed E-state index contributed by atoms with van der Waals surface area (Å²) in [6, 6.07) is 0. The van der Waals surface area contributed by atoms with Crippen LogP contribution < -0.4 is 5.32 Å². The molecule has 0 aromatic rings. The Bertz CT molecular complexity index is 632. The number of hydrogen-bond acceptors (Lipinski definition) is 3. The van der Waals surface area contributed by atoms with Crippen LogP contribution in [0, 0.1) is 22.7 Å². The molecule has 0 bridgehead atoms. The fourth-order valence-electron chi connectivity index (χ4n) is 7.15. The van der Waals surface area contributed by atoms with E-state index in [0.29, 0.717) is 18.4 Å². The van der Waals surface area contributed by atoms with Crippen molar-refractivity contribution in [3.05, 3.63) is 12.7 Å². The summed E-state index contributed by atoms with van der Waals surface area (Å²) in [6.45, 7) is 18.5. The highest BCUT2D eigenvalue weighted by Gasteiger charge is 2.63. The lowest BCUT2D eigenvalue weighted by Gasteiger charge is -2.66. The fourth-order valence-corrected chi connectivity index (χ4v) is 7.15. The van der Waals surface area contributed by atoms with Crippen LogP contribution in [-0.2, 0) is 9.47 Å². The second-order valence-corrected chi connectivity index (χ2v) is 11.2. The lowest BCUT2D eigenvalue weighted by atomic mass is 9.44. The zero-order valence-electron chi connectivity index (χ0n) is 19.6. The van der Waals surface area contributed by atoms with Crippen molar-refractivity contribution < 1.29 is 14.3 Å². The highest BCUT2D eigenvalue weighted by atomic mass is 16.6. The van der Waals surface area contributed by atoms with Crippen LogP contribution in [0.15, 0.2) is 12.7 Å². The van der Waals surface area contributed by atoms with Gasteiger partial charge in [0.15, 0.2) is 0 Å². The lowest BCUT2D eigenvalue weighted by molar-refractivity contribution is -0.261. The quantitative estimate of drug-likeness (QED) is 0.434. The number of nitrogens with one attached hydrogen (secondary N) is 1. The molecule has 0 aromatic carbocycles. The van der Waals surface area contributed by atoms with E-state index in [1.165, 1.54) is 6.42 Å². The summed E-state index contributed by atoms with van der Waals surface area (Å²) >= 11 is 0. The van der Waals surface area contributed by atoms with Gasteiger partial charge >= 0.3 is 6.09 Å². The van der Waals surface area contributed by atoms with Crippen molar-refractivity contribution in [2.45, 2.75) is 110 Å². The number of unbranched alkanes of at least 4 members (excludes halogenated alkanes) is 1. The van der Waals surface area contributed by atoms with Crippen LogP contribution in [0.25, 0.3) is 0 Å². The first-order chi connectivity index (χ1) is 13.5. The maximum absolute atomic E-state index is 12.3. The fraction of sp³-hybridized carbons (Fsp3) is 0.880. The second kappa shape index (κ2) is 7.90. The average molecular weight is 406 g/mol. The normalized spacial score (nSPS) is 43.6. The maximum atomic E-state index is 12.3. The first kappa shape index (κ1) is 22.7. The first-order valence-electron chi connectivity index (χ1n) is 11.8. The topological polar surface area (TPSA) is 47.6 Å². The van der Waals surface area contributed by atoms with Gasteiger partial charge in [-0.25, -0.2) is 4.79 Å². The molecule has 4 nitrogen and oxygen atoms in total. The average Bonchev–Trinajstić information content (AvgIpc) is 2.63. The Labute approximate surface area is 178 Å². The van der Waals surface area contributed by atoms with E-state index >= 15 is 0 Å². The molecule has 166 valence electrons. The van der Waals surface area contributed by atoms with Gasteiger partial charge in [-0.1, -0.05) is 40.2 Å². The monoisotopic (exact) mass is 405 g/mol. The molecule has 6 atom stereocenters. The smallest absolute Gasteiger partial charge is 0.407 e. The molecule has 4 heteroatoms. The van der Waals surface area contributed by atoms with E-state index in [-0.39, 0.29) is 34.2 Å². The van der Waals surface area contributed by atoms with Crippen LogP contribution in [0.4, 0.5) is 4.79 Å². The first-order valence-corrected chi connectivity index (χ1v) is 11.8. The molecule has 0 spiro atoms. The molecule has 29 heavy (non-hydrogen) atoms. The molecular weight excluding hydrogens is 362 g/mol. The summed E-state index contributed by atoms with van der Waals surface area (Å²) in [7, 11) is 0. The molecule has 1 N–H and O–H groups in total. The molecule has 1 heterocycles. The molecule has 2 aliphatic carbocycles. The van der Waals surface area contributed by atoms with Gasteiger partial charge in [-0.2, -0.15) is 0 Å². The summed E-state index contributed by atoms with van der Waals surface area (Å²) in [4.78, 5) is 12.3. The van der Waals surface area contributed by atoms with Crippen LogP contribution in [0.1, 0.15) is 92.9 Å². The minimum atomic E-state index is -0.247. The van der Waals surface area contributed by atoms with Crippen LogP contribution in [0.2, 0.25) is 0 Å². The van der Waals surface area contributed by atoms with Crippen molar-refractivity contribution in [1.29, 1.82) is 0 Å². The molecule has 1 aliphatic heterocycles. The van der Waals surface area contributed by atoms with E-state index in [9.17, 15) is 4.79 Å². The Balaban J connectivity index is 1.75. The molecule has 2 saturated carbocycles. The summed E-state index contributed by atoms with van der Waals surface area (Å²) in [5.41, 5.74) is -0.109. The predicted octanol–water partition coefficient (Wildman–Crippen LogP) is 6.25. The highest BCUT2D eigenvalue weighted by Crippen LogP contribution is 2.65. The van der Waals surface area contributed by atoms with Crippen molar-refractivity contribution in [1.82, 2.24) is 5.32 Å². The molecule has 3 rings (SSSR count). The van der Waals surface area contributed by atoms with Crippen molar-refractivity contribution in [2.75, 3.05) is 6.54 Å². The summed E-state index contributed by atoms with van der Waals surface area (Å²) in [6.07, 6.45) is 10.3. The number of hydrogen-bond donors (Lipinski definition) is 1. The number of rotatable bonds is 5. The molecule has 3 aliphatic rings. The van der Waals surface area contributed by atoms with Crippen LogP contribution in [-0.4, -0.2) is 29.9 Å². The van der Waals surface area contributed by atoms with E-state index in [4.69, 9.17) is 9.47 Å². The third kappa shape index (κ3) is 3.98. The van der Waals surface area contributed by atoms with Crippen LogP contribution in [0.3, 0.4) is 0 Å². The molecule has 0 radical (unpaired) electrons. The van der Waals surface area contributed by atoms with Crippen LogP contribution in [0.5, 0.6) is 0 Å². The van der Waals surface area contributed by atoms with Crippen molar-refractivity contribution in [3.8, 4) is 0 Å². The second-order valence-electron chi connectivity index (χ2n) is 11.2. The summed E-state index contributed by atoms with van der Waals surface area (Å²) in [5, 5.41) is 2.93. The minimum Gasteiger partial charge on any atom is -0.446 e. The third-order valence-electron chi connectivity index (χ3n) is 8.81. The number of amides is 1. The summed E-state index contributed by atoms with van der Waals surface area (Å²) in [5.74, 6) is 1.08. The Kier molecular flexibility index (Phi) is 6.17. The number of ether oxygens (including phenoxy) is 2. The van der Waals surface area contributed by atoms with Gasteiger partial charge in [0.2, 0.25) is 0 Å². The molecule has 3 fully saturated rings. The van der Waals surface area contributed by atoms with E-state index in [2.05, 4.69) is 53.4 Å². The predicted molar refractivity (Wildman–Crippen MR) is 118 cm³/mol. The van der Waals surface area contributed by atoms with Gasteiger partial charge in [-0.05, 0) is 76.0 Å². The van der Waals surface area contributed by atoms with Gasteiger partial charge in [0, 0.05) is 12.0 Å². The Morgan fingerprint density at radius 3 is 2.45 bits per heavy atom. The number of fused-ring (bicyclic) bond motifs is 3. The Morgan fingerprint density at radius 2 is 1.79 bits per heavy atom. The van der Waals surface area contributed by atoms with E-state index in [0.717, 1.165) is 44.9 Å². The molecule has 1 amide bonds. The lowest BCUT2D eigenvalue weighted by Crippen LogP contribution is -2.64. The molecule has 0 aromatic heterocycles. The molecular formula is C25H43NO3. The van der Waals surface area contributed by atoms with Gasteiger partial charge in [0.05, 0.1) is 11.2 Å². The molecule has 0 unspecified atom stereocenters. The van der Waals surface area contributed by atoms with E-state index in [1.54, 1.807) is 0 Å². The largest absolute Gasteiger partial charge is 0.446 e. The van der Waals surface area contributed by atoms with Crippen LogP contribution >= 0.6 is 0 Å². The van der Waals surface area contributed by atoms with Gasteiger partial charge < -0.3 is 14.8 Å². The summed E-state index contributed by atoms with van der Waals surface area (Å²) < 4.78 is 12.7. The van der Waals surface area contributed by atoms with Gasteiger partial charge in [0.1, 0.15) is 6.10 Å². The van der Waals surface area contributed by atoms with Gasteiger partial charge in [-0.3, -0.25) is 0 Å².